The quantitative estimate of drug-likeness (QED) is 0.596. The van der Waals surface area contributed by atoms with E-state index in [1.807, 2.05) is 0 Å². The summed E-state index contributed by atoms with van der Waals surface area (Å²) in [5.41, 5.74) is 0. The second-order valence-corrected chi connectivity index (χ2v) is 4.55. The normalized spacial score (nSPS) is 21.7. The van der Waals surface area contributed by atoms with Crippen molar-refractivity contribution in [1.82, 2.24) is 4.31 Å². The zero-order chi connectivity index (χ0) is 7.61. The van der Waals surface area contributed by atoms with Gasteiger partial charge < -0.3 is 0 Å². The Labute approximate surface area is 62.1 Å². The van der Waals surface area contributed by atoms with Crippen LogP contribution in [0.15, 0.2) is 0 Å². The number of hydrogen-bond donors (Lipinski definition) is 0. The molecule has 0 bridgehead atoms. The summed E-state index contributed by atoms with van der Waals surface area (Å²) in [7, 11) is -2.92. The molecule has 1 rings (SSSR count). The summed E-state index contributed by atoms with van der Waals surface area (Å²) in [4.78, 5) is 0. The summed E-state index contributed by atoms with van der Waals surface area (Å²) in [5, 5.41) is 0. The van der Waals surface area contributed by atoms with E-state index in [9.17, 15) is 8.42 Å². The van der Waals surface area contributed by atoms with Crippen LogP contribution < -0.4 is 0 Å². The average Bonchev–Trinajstić information content (AvgIpc) is 2.38. The first-order chi connectivity index (χ1) is 4.67. The van der Waals surface area contributed by atoms with Crippen LogP contribution in [0.2, 0.25) is 0 Å². The summed E-state index contributed by atoms with van der Waals surface area (Å²) in [6, 6.07) is 0. The van der Waals surface area contributed by atoms with E-state index in [2.05, 4.69) is 0 Å². The van der Waals surface area contributed by atoms with Gasteiger partial charge in [0.1, 0.15) is 0 Å². The van der Waals surface area contributed by atoms with Gasteiger partial charge in [-0.3, -0.25) is 0 Å². The largest absolute Gasteiger partial charge is 0.214 e. The van der Waals surface area contributed by atoms with Crippen molar-refractivity contribution in [3.05, 3.63) is 6.54 Å². The van der Waals surface area contributed by atoms with Crippen molar-refractivity contribution in [3.8, 4) is 0 Å². The fraction of sp³-hybridized carbons (Fsp3) is 0.833. The third-order valence-electron chi connectivity index (χ3n) is 1.64. The number of hydrogen-bond acceptors (Lipinski definition) is 2. The van der Waals surface area contributed by atoms with Crippen molar-refractivity contribution in [2.45, 2.75) is 19.8 Å². The summed E-state index contributed by atoms with van der Waals surface area (Å²) >= 11 is 0. The number of nitrogens with zero attached hydrogens (tertiary/aromatic N) is 1. The lowest BCUT2D eigenvalue weighted by molar-refractivity contribution is 0.509. The smallest absolute Gasteiger partial charge is 0.212 e. The Morgan fingerprint density at radius 2 is 2.30 bits per heavy atom. The van der Waals surface area contributed by atoms with Gasteiger partial charge in [0.05, 0.1) is 5.75 Å². The van der Waals surface area contributed by atoms with Crippen LogP contribution in [-0.2, 0) is 10.0 Å². The second kappa shape index (κ2) is 2.88. The molecule has 1 heterocycles. The summed E-state index contributed by atoms with van der Waals surface area (Å²) in [6.45, 7) is 4.11. The van der Waals surface area contributed by atoms with Gasteiger partial charge in [-0.05, 0) is 19.8 Å². The van der Waals surface area contributed by atoms with Gasteiger partial charge in [0.2, 0.25) is 10.0 Å². The van der Waals surface area contributed by atoms with Gasteiger partial charge in [-0.25, -0.2) is 8.42 Å². The molecule has 0 amide bonds. The van der Waals surface area contributed by atoms with Crippen LogP contribution in [0.25, 0.3) is 0 Å². The van der Waals surface area contributed by atoms with Crippen molar-refractivity contribution in [3.63, 3.8) is 0 Å². The Balaban J connectivity index is 2.63. The summed E-state index contributed by atoms with van der Waals surface area (Å²) < 4.78 is 23.6. The highest BCUT2D eigenvalue weighted by Crippen LogP contribution is 2.16. The Morgan fingerprint density at radius 1 is 1.60 bits per heavy atom. The Morgan fingerprint density at radius 3 is 2.70 bits per heavy atom. The highest BCUT2D eigenvalue weighted by atomic mass is 32.2. The first-order valence-corrected chi connectivity index (χ1v) is 5.10. The van der Waals surface area contributed by atoms with Gasteiger partial charge in [0, 0.05) is 13.1 Å². The number of sulfonamides is 1. The Kier molecular flexibility index (Phi) is 2.31. The van der Waals surface area contributed by atoms with E-state index in [1.165, 1.54) is 4.31 Å². The molecule has 1 aliphatic rings. The minimum absolute atomic E-state index is 0.212. The molecule has 0 saturated carbocycles. The van der Waals surface area contributed by atoms with Gasteiger partial charge in [-0.15, -0.1) is 0 Å². The maximum atomic E-state index is 11.1. The molecule has 3 nitrogen and oxygen atoms in total. The van der Waals surface area contributed by atoms with Gasteiger partial charge in [0.15, 0.2) is 0 Å². The molecular weight excluding hydrogens is 150 g/mol. The molecule has 1 fully saturated rings. The molecule has 59 valence electrons. The first-order valence-electron chi connectivity index (χ1n) is 3.49. The van der Waals surface area contributed by atoms with E-state index in [0.717, 1.165) is 12.8 Å². The molecule has 10 heavy (non-hydrogen) atoms. The topological polar surface area (TPSA) is 37.4 Å². The highest BCUT2D eigenvalue weighted by Gasteiger charge is 2.23. The lowest BCUT2D eigenvalue weighted by atomic mass is 10.4. The molecule has 1 radical (unpaired) electrons. The fourth-order valence-corrected chi connectivity index (χ4v) is 2.06. The maximum Gasteiger partial charge on any atom is 0.214 e. The molecule has 0 aromatic carbocycles. The molecule has 4 heteroatoms. The fourth-order valence-electron chi connectivity index (χ4n) is 0.992. The van der Waals surface area contributed by atoms with Crippen LogP contribution in [0.1, 0.15) is 19.8 Å². The molecule has 0 N–H and O–H groups in total. The molecule has 1 saturated heterocycles. The third kappa shape index (κ3) is 1.49. The predicted molar refractivity (Wildman–Crippen MR) is 39.7 cm³/mol. The van der Waals surface area contributed by atoms with Crippen LogP contribution >= 0.6 is 0 Å². The Bertz CT molecular complexity index is 192. The van der Waals surface area contributed by atoms with Crippen molar-refractivity contribution < 1.29 is 8.42 Å². The van der Waals surface area contributed by atoms with Gasteiger partial charge >= 0.3 is 0 Å². The van der Waals surface area contributed by atoms with E-state index >= 15 is 0 Å². The average molecular weight is 162 g/mol. The molecule has 0 unspecified atom stereocenters. The zero-order valence-corrected chi connectivity index (χ0v) is 6.89. The third-order valence-corrected chi connectivity index (χ3v) is 3.41. The highest BCUT2D eigenvalue weighted by molar-refractivity contribution is 7.89. The SMILES string of the molecule is CCS(=O)(=O)N1[CH]CCC1. The molecule has 0 aromatic heterocycles. The van der Waals surface area contributed by atoms with Gasteiger partial charge in [-0.2, -0.15) is 4.31 Å². The van der Waals surface area contributed by atoms with E-state index in [0.29, 0.717) is 6.54 Å². The van der Waals surface area contributed by atoms with Crippen LogP contribution in [0, 0.1) is 6.54 Å². The number of rotatable bonds is 2. The van der Waals surface area contributed by atoms with E-state index in [-0.39, 0.29) is 5.75 Å². The van der Waals surface area contributed by atoms with Crippen molar-refractivity contribution in [1.29, 1.82) is 0 Å². The van der Waals surface area contributed by atoms with Gasteiger partial charge in [-0.1, -0.05) is 0 Å². The van der Waals surface area contributed by atoms with Crippen molar-refractivity contribution in [2.75, 3.05) is 12.3 Å². The minimum atomic E-state index is -2.92. The molecule has 1 aliphatic heterocycles. The van der Waals surface area contributed by atoms with Crippen LogP contribution in [-0.4, -0.2) is 25.0 Å². The summed E-state index contributed by atoms with van der Waals surface area (Å²) in [6.07, 6.45) is 1.87. The van der Waals surface area contributed by atoms with E-state index in [1.54, 1.807) is 13.5 Å². The van der Waals surface area contributed by atoms with E-state index in [4.69, 9.17) is 0 Å². The first kappa shape index (κ1) is 8.01. The minimum Gasteiger partial charge on any atom is -0.212 e. The zero-order valence-electron chi connectivity index (χ0n) is 6.08. The van der Waals surface area contributed by atoms with Crippen molar-refractivity contribution >= 4 is 10.0 Å². The molecule has 0 atom stereocenters. The molecular formula is C6H12NO2S. The van der Waals surface area contributed by atoms with E-state index < -0.39 is 10.0 Å². The molecule has 0 aromatic rings. The molecule has 0 spiro atoms. The Hall–Kier alpha value is -0.0900. The van der Waals surface area contributed by atoms with Gasteiger partial charge in [0.25, 0.3) is 0 Å². The van der Waals surface area contributed by atoms with Crippen LogP contribution in [0.4, 0.5) is 0 Å². The molecule has 0 aliphatic carbocycles. The monoisotopic (exact) mass is 162 g/mol. The lowest BCUT2D eigenvalue weighted by Gasteiger charge is -2.12. The second-order valence-electron chi connectivity index (χ2n) is 2.34. The standard InChI is InChI=1S/C6H12NO2S/c1-2-10(8,9)7-5-3-4-6-7/h5H,2-4,6H2,1H3. The van der Waals surface area contributed by atoms with Crippen molar-refractivity contribution in [2.24, 2.45) is 0 Å². The summed E-state index contributed by atoms with van der Waals surface area (Å²) in [5.74, 6) is 0.212. The van der Waals surface area contributed by atoms with Crippen LogP contribution in [0.5, 0.6) is 0 Å². The lowest BCUT2D eigenvalue weighted by Crippen LogP contribution is -2.26. The predicted octanol–water partition coefficient (Wildman–Crippen LogP) is 0.594. The van der Waals surface area contributed by atoms with Crippen LogP contribution in [0.3, 0.4) is 0 Å². The maximum absolute atomic E-state index is 11.1.